The van der Waals surface area contributed by atoms with E-state index >= 15 is 0 Å². The number of carbonyl (C=O) groups is 1. The van der Waals surface area contributed by atoms with Crippen molar-refractivity contribution >= 4 is 35.0 Å². The van der Waals surface area contributed by atoms with Gasteiger partial charge in [0.25, 0.3) is 0 Å². The van der Waals surface area contributed by atoms with Crippen molar-refractivity contribution in [3.05, 3.63) is 59.4 Å². The number of ether oxygens (including phenoxy) is 2. The highest BCUT2D eigenvalue weighted by atomic mass is 35.5. The first-order valence-electron chi connectivity index (χ1n) is 9.44. The summed E-state index contributed by atoms with van der Waals surface area (Å²) in [4.78, 5) is 12.4. The van der Waals surface area contributed by atoms with Crippen molar-refractivity contribution in [2.45, 2.75) is 25.1 Å². The second kappa shape index (κ2) is 10.4. The van der Waals surface area contributed by atoms with Crippen molar-refractivity contribution in [1.29, 1.82) is 0 Å². The van der Waals surface area contributed by atoms with Gasteiger partial charge in [0.15, 0.2) is 17.1 Å². The number of benzene rings is 2. The molecule has 1 unspecified atom stereocenters. The van der Waals surface area contributed by atoms with Crippen LogP contribution in [0.3, 0.4) is 0 Å². The fraction of sp³-hybridized carbons (Fsp3) is 0.286. The quantitative estimate of drug-likeness (QED) is 0.478. The minimum absolute atomic E-state index is 0.155. The van der Waals surface area contributed by atoms with Gasteiger partial charge in [-0.1, -0.05) is 47.6 Å². The summed E-state index contributed by atoms with van der Waals surface area (Å²) in [6.07, 6.45) is -0.358. The van der Waals surface area contributed by atoms with Crippen LogP contribution < -0.4 is 14.8 Å². The molecule has 3 aromatic rings. The van der Waals surface area contributed by atoms with Crippen molar-refractivity contribution in [3.63, 3.8) is 0 Å². The van der Waals surface area contributed by atoms with Crippen LogP contribution in [0.5, 0.6) is 11.5 Å². The largest absolute Gasteiger partial charge is 0.492 e. The Kier molecular flexibility index (Phi) is 7.59. The number of rotatable bonds is 9. The first-order chi connectivity index (χ1) is 14.5. The molecule has 1 atom stereocenters. The van der Waals surface area contributed by atoms with Gasteiger partial charge in [0.05, 0.1) is 23.1 Å². The molecule has 0 aliphatic heterocycles. The van der Waals surface area contributed by atoms with Crippen LogP contribution in [0.4, 0.5) is 5.69 Å². The first-order valence-corrected chi connectivity index (χ1v) is 10.8. The molecular weight excluding hydrogens is 424 g/mol. The van der Waals surface area contributed by atoms with Crippen LogP contribution in [0.25, 0.3) is 0 Å². The summed E-state index contributed by atoms with van der Waals surface area (Å²) < 4.78 is 13.3. The van der Waals surface area contributed by atoms with E-state index in [0.717, 1.165) is 0 Å². The number of anilines is 1. The molecule has 1 N–H and O–H groups in total. The maximum Gasteiger partial charge on any atom is 0.234 e. The number of nitrogens with zero attached hydrogens (tertiary/aromatic N) is 3. The molecule has 7 nitrogen and oxygen atoms in total. The average Bonchev–Trinajstić information content (AvgIpc) is 3.10. The van der Waals surface area contributed by atoms with Gasteiger partial charge in [-0.2, -0.15) is 0 Å². The molecule has 0 radical (unpaired) electrons. The van der Waals surface area contributed by atoms with Crippen molar-refractivity contribution in [1.82, 2.24) is 14.8 Å². The Morgan fingerprint density at radius 1 is 1.17 bits per heavy atom. The van der Waals surface area contributed by atoms with Crippen molar-refractivity contribution in [3.8, 4) is 11.5 Å². The van der Waals surface area contributed by atoms with Gasteiger partial charge >= 0.3 is 0 Å². The first kappa shape index (κ1) is 22.0. The lowest BCUT2D eigenvalue weighted by Gasteiger charge is -2.15. The fourth-order valence-corrected chi connectivity index (χ4v) is 3.66. The van der Waals surface area contributed by atoms with E-state index < -0.39 is 0 Å². The molecule has 0 spiro atoms. The summed E-state index contributed by atoms with van der Waals surface area (Å²) in [6, 6.07) is 14.6. The third kappa shape index (κ3) is 5.46. The zero-order valence-corrected chi connectivity index (χ0v) is 18.5. The zero-order valence-electron chi connectivity index (χ0n) is 17.0. The molecule has 1 amide bonds. The summed E-state index contributed by atoms with van der Waals surface area (Å²) in [5.41, 5.74) is 0.644. The predicted octanol–water partition coefficient (Wildman–Crippen LogP) is 4.74. The van der Waals surface area contributed by atoms with E-state index in [2.05, 4.69) is 15.5 Å². The highest BCUT2D eigenvalue weighted by molar-refractivity contribution is 7.99. The molecule has 0 saturated heterocycles. The highest BCUT2D eigenvalue weighted by Crippen LogP contribution is 2.29. The molecule has 0 aliphatic rings. The van der Waals surface area contributed by atoms with E-state index in [1.165, 1.54) is 11.8 Å². The Balaban J connectivity index is 1.60. The molecule has 0 saturated carbocycles. The average molecular weight is 447 g/mol. The molecule has 1 aromatic heterocycles. The summed E-state index contributed by atoms with van der Waals surface area (Å²) in [6.45, 7) is 4.30. The lowest BCUT2D eigenvalue weighted by molar-refractivity contribution is -0.113. The number of nitrogens with one attached hydrogen (secondary N) is 1. The van der Waals surface area contributed by atoms with Crippen LogP contribution in [-0.4, -0.2) is 33.0 Å². The van der Waals surface area contributed by atoms with E-state index in [9.17, 15) is 4.79 Å². The van der Waals surface area contributed by atoms with Gasteiger partial charge in [-0.05, 0) is 38.1 Å². The number of aromatic nitrogens is 3. The molecule has 0 bridgehead atoms. The topological polar surface area (TPSA) is 78.3 Å². The zero-order chi connectivity index (χ0) is 21.5. The van der Waals surface area contributed by atoms with Gasteiger partial charge in [0, 0.05) is 7.05 Å². The van der Waals surface area contributed by atoms with Gasteiger partial charge in [-0.3, -0.25) is 4.79 Å². The van der Waals surface area contributed by atoms with Crippen LogP contribution >= 0.6 is 23.4 Å². The standard InChI is InChI=1S/C21H23ClN4O3S/c1-4-28-18-12-8-6-10-16(18)23-19(27)13-30-21-25-24-20(26(21)3)14(2)29-17-11-7-5-9-15(17)22/h5-12,14H,4,13H2,1-3H3,(H,23,27). The second-order valence-electron chi connectivity index (χ2n) is 6.36. The van der Waals surface area contributed by atoms with Crippen LogP contribution in [-0.2, 0) is 11.8 Å². The summed E-state index contributed by atoms with van der Waals surface area (Å²) in [5, 5.41) is 12.4. The van der Waals surface area contributed by atoms with Gasteiger partial charge in [0.2, 0.25) is 5.91 Å². The Bertz CT molecular complexity index is 1010. The molecule has 0 aliphatic carbocycles. The van der Waals surface area contributed by atoms with E-state index in [1.807, 2.05) is 61.9 Å². The fourth-order valence-electron chi connectivity index (χ4n) is 2.76. The molecule has 9 heteroatoms. The van der Waals surface area contributed by atoms with E-state index in [-0.39, 0.29) is 17.8 Å². The van der Waals surface area contributed by atoms with Crippen molar-refractivity contribution in [2.24, 2.45) is 7.05 Å². The third-order valence-electron chi connectivity index (χ3n) is 4.17. The third-order valence-corrected chi connectivity index (χ3v) is 5.50. The SMILES string of the molecule is CCOc1ccccc1NC(=O)CSc1nnc(C(C)Oc2ccccc2Cl)n1C. The Morgan fingerprint density at radius 3 is 2.60 bits per heavy atom. The van der Waals surface area contributed by atoms with Gasteiger partial charge in [-0.25, -0.2) is 0 Å². The van der Waals surface area contributed by atoms with Crippen molar-refractivity contribution in [2.75, 3.05) is 17.7 Å². The summed E-state index contributed by atoms with van der Waals surface area (Å²) in [5.74, 6) is 1.89. The van der Waals surface area contributed by atoms with Crippen LogP contribution in [0, 0.1) is 0 Å². The van der Waals surface area contributed by atoms with E-state index in [0.29, 0.717) is 39.8 Å². The minimum Gasteiger partial charge on any atom is -0.492 e. The van der Waals surface area contributed by atoms with E-state index in [1.54, 1.807) is 12.1 Å². The lowest BCUT2D eigenvalue weighted by Crippen LogP contribution is -2.15. The predicted molar refractivity (Wildman–Crippen MR) is 118 cm³/mol. The minimum atomic E-state index is -0.358. The number of hydrogen-bond acceptors (Lipinski definition) is 6. The monoisotopic (exact) mass is 446 g/mol. The number of thioether (sulfide) groups is 1. The molecule has 0 fully saturated rings. The number of carbonyl (C=O) groups excluding carboxylic acids is 1. The van der Waals surface area contributed by atoms with Gasteiger partial charge < -0.3 is 19.4 Å². The number of halogens is 1. The van der Waals surface area contributed by atoms with Gasteiger partial charge in [-0.15, -0.1) is 10.2 Å². The Labute approximate surface area is 184 Å². The van der Waals surface area contributed by atoms with E-state index in [4.69, 9.17) is 21.1 Å². The van der Waals surface area contributed by atoms with Gasteiger partial charge in [0.1, 0.15) is 11.5 Å². The summed E-state index contributed by atoms with van der Waals surface area (Å²) in [7, 11) is 1.84. The second-order valence-corrected chi connectivity index (χ2v) is 7.71. The molecule has 2 aromatic carbocycles. The summed E-state index contributed by atoms with van der Waals surface area (Å²) >= 11 is 7.45. The molecule has 158 valence electrons. The maximum absolute atomic E-state index is 12.4. The van der Waals surface area contributed by atoms with Crippen LogP contribution in [0.2, 0.25) is 5.02 Å². The Hall–Kier alpha value is -2.71. The Morgan fingerprint density at radius 2 is 1.87 bits per heavy atom. The van der Waals surface area contributed by atoms with Crippen LogP contribution in [0.1, 0.15) is 25.8 Å². The smallest absolute Gasteiger partial charge is 0.234 e. The molecule has 3 rings (SSSR count). The highest BCUT2D eigenvalue weighted by Gasteiger charge is 2.19. The molecular formula is C21H23ClN4O3S. The molecule has 1 heterocycles. The lowest BCUT2D eigenvalue weighted by atomic mass is 10.3. The number of hydrogen-bond donors (Lipinski definition) is 1. The normalized spacial score (nSPS) is 11.7. The van der Waals surface area contributed by atoms with Crippen molar-refractivity contribution < 1.29 is 14.3 Å². The van der Waals surface area contributed by atoms with Crippen LogP contribution in [0.15, 0.2) is 53.7 Å². The number of amides is 1. The number of para-hydroxylation sites is 3. The maximum atomic E-state index is 12.4. The molecule has 30 heavy (non-hydrogen) atoms.